The highest BCUT2D eigenvalue weighted by atomic mass is 32.1. The first kappa shape index (κ1) is 19.8. The number of carboxylic acids is 1. The molecule has 0 spiro atoms. The molecule has 1 aromatic carbocycles. The highest BCUT2D eigenvalue weighted by Crippen LogP contribution is 2.30. The number of thiazole rings is 1. The van der Waals surface area contributed by atoms with E-state index in [1.165, 1.54) is 22.2 Å². The molecule has 0 bridgehead atoms. The molecule has 0 aliphatic carbocycles. The minimum atomic E-state index is -1.02. The molecule has 0 fully saturated rings. The van der Waals surface area contributed by atoms with Crippen molar-refractivity contribution in [1.82, 2.24) is 14.8 Å². The molecule has 0 radical (unpaired) electrons. The van der Waals surface area contributed by atoms with E-state index in [0.29, 0.717) is 27.6 Å². The van der Waals surface area contributed by atoms with Crippen molar-refractivity contribution in [2.75, 3.05) is 5.32 Å². The summed E-state index contributed by atoms with van der Waals surface area (Å²) in [5, 5.41) is 17.2. The average molecular weight is 398 g/mol. The second kappa shape index (κ2) is 7.20. The van der Waals surface area contributed by atoms with Crippen LogP contribution >= 0.6 is 11.3 Å². The molecule has 7 nitrogen and oxygen atoms in total. The number of aromatic nitrogens is 3. The van der Waals surface area contributed by atoms with Gasteiger partial charge in [-0.25, -0.2) is 14.5 Å². The van der Waals surface area contributed by atoms with Crippen LogP contribution in [0.3, 0.4) is 0 Å². The number of hydrogen-bond acceptors (Lipinski definition) is 5. The normalized spacial score (nSPS) is 11.5. The van der Waals surface area contributed by atoms with E-state index < -0.39 is 5.97 Å². The SMILES string of the molecule is Cc1nc(C(C)(C)C)sc1C(=O)Nc1cccc(-n2ncc(C(=O)O)c2C)c1. The lowest BCUT2D eigenvalue weighted by atomic mass is 9.98. The number of carbonyl (C=O) groups excluding carboxylic acids is 1. The van der Waals surface area contributed by atoms with E-state index >= 15 is 0 Å². The average Bonchev–Trinajstić information content (AvgIpc) is 3.18. The molecule has 1 amide bonds. The van der Waals surface area contributed by atoms with Crippen LogP contribution in [0.1, 0.15) is 57.2 Å². The number of rotatable bonds is 4. The van der Waals surface area contributed by atoms with E-state index in [0.717, 1.165) is 5.01 Å². The van der Waals surface area contributed by atoms with Crippen LogP contribution in [0.15, 0.2) is 30.5 Å². The molecule has 0 aliphatic rings. The van der Waals surface area contributed by atoms with Gasteiger partial charge in [-0.2, -0.15) is 5.10 Å². The lowest BCUT2D eigenvalue weighted by molar-refractivity contribution is 0.0696. The fourth-order valence-electron chi connectivity index (χ4n) is 2.71. The summed E-state index contributed by atoms with van der Waals surface area (Å²) in [6.07, 6.45) is 1.32. The fourth-order valence-corrected chi connectivity index (χ4v) is 3.73. The fraction of sp³-hybridized carbons (Fsp3) is 0.300. The maximum Gasteiger partial charge on any atom is 0.339 e. The number of benzene rings is 1. The van der Waals surface area contributed by atoms with Gasteiger partial charge in [0, 0.05) is 11.1 Å². The Balaban J connectivity index is 1.87. The van der Waals surface area contributed by atoms with Crippen molar-refractivity contribution in [1.29, 1.82) is 0 Å². The summed E-state index contributed by atoms with van der Waals surface area (Å²) in [5.41, 5.74) is 2.51. The molecule has 2 N–H and O–H groups in total. The number of hydrogen-bond donors (Lipinski definition) is 2. The highest BCUT2D eigenvalue weighted by Gasteiger charge is 2.23. The van der Waals surface area contributed by atoms with Crippen LogP contribution in [0, 0.1) is 13.8 Å². The zero-order valence-electron chi connectivity index (χ0n) is 16.4. The van der Waals surface area contributed by atoms with Crippen LogP contribution in [-0.4, -0.2) is 31.7 Å². The molecule has 28 heavy (non-hydrogen) atoms. The predicted octanol–water partition coefficient (Wildman–Crippen LogP) is 4.19. The summed E-state index contributed by atoms with van der Waals surface area (Å²) in [6.45, 7) is 9.71. The summed E-state index contributed by atoms with van der Waals surface area (Å²) < 4.78 is 1.54. The summed E-state index contributed by atoms with van der Waals surface area (Å²) >= 11 is 1.40. The van der Waals surface area contributed by atoms with Gasteiger partial charge in [0.1, 0.15) is 10.4 Å². The molecule has 0 unspecified atom stereocenters. The van der Waals surface area contributed by atoms with E-state index in [9.17, 15) is 14.7 Å². The van der Waals surface area contributed by atoms with Crippen molar-refractivity contribution >= 4 is 28.9 Å². The summed E-state index contributed by atoms with van der Waals surface area (Å²) in [4.78, 5) is 29.1. The number of nitrogens with one attached hydrogen (secondary N) is 1. The monoisotopic (exact) mass is 398 g/mol. The Morgan fingerprint density at radius 2 is 1.93 bits per heavy atom. The van der Waals surface area contributed by atoms with Gasteiger partial charge in [0.05, 0.1) is 28.3 Å². The van der Waals surface area contributed by atoms with Crippen LogP contribution in [0.2, 0.25) is 0 Å². The molecule has 0 saturated carbocycles. The third kappa shape index (κ3) is 3.82. The smallest absolute Gasteiger partial charge is 0.339 e. The summed E-state index contributed by atoms with van der Waals surface area (Å²) in [5.74, 6) is -1.24. The molecule has 0 atom stereocenters. The van der Waals surface area contributed by atoms with Gasteiger partial charge in [0.2, 0.25) is 0 Å². The van der Waals surface area contributed by atoms with Gasteiger partial charge in [-0.1, -0.05) is 26.8 Å². The molecule has 8 heteroatoms. The maximum absolute atomic E-state index is 12.7. The maximum atomic E-state index is 12.7. The molecule has 2 heterocycles. The van der Waals surface area contributed by atoms with Gasteiger partial charge in [0.15, 0.2) is 0 Å². The Labute approximate surface area is 167 Å². The van der Waals surface area contributed by atoms with Crippen LogP contribution in [0.25, 0.3) is 5.69 Å². The minimum absolute atomic E-state index is 0.118. The summed E-state index contributed by atoms with van der Waals surface area (Å²) in [7, 11) is 0. The predicted molar refractivity (Wildman–Crippen MR) is 109 cm³/mol. The first-order valence-corrected chi connectivity index (χ1v) is 9.57. The molecule has 0 saturated heterocycles. The molecule has 0 aliphatic heterocycles. The number of amides is 1. The van der Waals surface area contributed by atoms with Crippen molar-refractivity contribution in [3.8, 4) is 5.69 Å². The van der Waals surface area contributed by atoms with Crippen molar-refractivity contribution in [3.05, 3.63) is 57.3 Å². The van der Waals surface area contributed by atoms with Gasteiger partial charge in [-0.05, 0) is 32.0 Å². The van der Waals surface area contributed by atoms with Crippen LogP contribution < -0.4 is 5.32 Å². The number of nitrogens with zero attached hydrogens (tertiary/aromatic N) is 3. The standard InChI is InChI=1S/C20H22N4O3S/c1-11-16(28-19(22-11)20(3,4)5)17(25)23-13-7-6-8-14(9-13)24-12(2)15(10-21-24)18(26)27/h6-10H,1-5H3,(H,23,25)(H,26,27). The van der Waals surface area contributed by atoms with Crippen LogP contribution in [0.5, 0.6) is 0 Å². The number of aryl methyl sites for hydroxylation is 1. The Hall–Kier alpha value is -3.00. The molecule has 3 aromatic rings. The zero-order valence-corrected chi connectivity index (χ0v) is 17.2. The van der Waals surface area contributed by atoms with E-state index in [2.05, 4.69) is 36.2 Å². The van der Waals surface area contributed by atoms with Gasteiger partial charge in [0.25, 0.3) is 5.91 Å². The van der Waals surface area contributed by atoms with Gasteiger partial charge in [-0.3, -0.25) is 4.79 Å². The Kier molecular flexibility index (Phi) is 5.08. The number of carboxylic acid groups (broad SMARTS) is 1. The van der Waals surface area contributed by atoms with Crippen LogP contribution in [-0.2, 0) is 5.41 Å². The highest BCUT2D eigenvalue weighted by molar-refractivity contribution is 7.14. The van der Waals surface area contributed by atoms with Gasteiger partial charge in [-0.15, -0.1) is 11.3 Å². The second-order valence-corrected chi connectivity index (χ2v) is 8.55. The molecule has 146 valence electrons. The second-order valence-electron chi connectivity index (χ2n) is 7.55. The van der Waals surface area contributed by atoms with Crippen molar-refractivity contribution in [3.63, 3.8) is 0 Å². The lowest BCUT2D eigenvalue weighted by Gasteiger charge is -2.13. The Morgan fingerprint density at radius 3 is 2.50 bits per heavy atom. The van der Waals surface area contributed by atoms with Crippen molar-refractivity contribution in [2.45, 2.75) is 40.0 Å². The van der Waals surface area contributed by atoms with Crippen molar-refractivity contribution < 1.29 is 14.7 Å². The molecule has 2 aromatic heterocycles. The lowest BCUT2D eigenvalue weighted by Crippen LogP contribution is -2.12. The van der Waals surface area contributed by atoms with Crippen LogP contribution in [0.4, 0.5) is 5.69 Å². The summed E-state index contributed by atoms with van der Waals surface area (Å²) in [6, 6.07) is 7.12. The van der Waals surface area contributed by atoms with E-state index in [1.807, 2.05) is 6.92 Å². The number of aromatic carboxylic acids is 1. The first-order chi connectivity index (χ1) is 13.1. The van der Waals surface area contributed by atoms with E-state index in [1.54, 1.807) is 31.2 Å². The molecular formula is C20H22N4O3S. The topological polar surface area (TPSA) is 97.1 Å². The Bertz CT molecular complexity index is 1060. The number of anilines is 1. The zero-order chi connectivity index (χ0) is 20.6. The van der Waals surface area contributed by atoms with E-state index in [4.69, 9.17) is 0 Å². The van der Waals surface area contributed by atoms with Crippen molar-refractivity contribution in [2.24, 2.45) is 0 Å². The first-order valence-electron chi connectivity index (χ1n) is 8.75. The third-order valence-electron chi connectivity index (χ3n) is 4.23. The third-order valence-corrected chi connectivity index (χ3v) is 5.82. The molecular weight excluding hydrogens is 376 g/mol. The van der Waals surface area contributed by atoms with E-state index in [-0.39, 0.29) is 16.9 Å². The Morgan fingerprint density at radius 1 is 1.21 bits per heavy atom. The van der Waals surface area contributed by atoms with Gasteiger partial charge >= 0.3 is 5.97 Å². The van der Waals surface area contributed by atoms with Gasteiger partial charge < -0.3 is 10.4 Å². The quantitative estimate of drug-likeness (QED) is 0.687. The minimum Gasteiger partial charge on any atom is -0.478 e. The largest absolute Gasteiger partial charge is 0.478 e. The number of carbonyl (C=O) groups is 2. The molecule has 3 rings (SSSR count).